The Morgan fingerprint density at radius 1 is 1.21 bits per heavy atom. The Kier molecular flexibility index (Phi) is 4.85. The van der Waals surface area contributed by atoms with Crippen molar-refractivity contribution in [1.29, 1.82) is 0 Å². The predicted octanol–water partition coefficient (Wildman–Crippen LogP) is 1.65. The first-order valence-corrected chi connectivity index (χ1v) is 5.59. The first kappa shape index (κ1) is 12.0. The van der Waals surface area contributed by atoms with E-state index in [1.54, 1.807) is 0 Å². The molecule has 0 saturated heterocycles. The van der Waals surface area contributed by atoms with Gasteiger partial charge in [-0.3, -0.25) is 10.4 Å². The van der Waals surface area contributed by atoms with Gasteiger partial charge in [0.15, 0.2) is 0 Å². The number of hydrazine groups is 1. The van der Waals surface area contributed by atoms with Crippen LogP contribution in [0.3, 0.4) is 0 Å². The Hall–Kier alpha value is -0.120. The van der Waals surface area contributed by atoms with E-state index in [-0.39, 0.29) is 0 Å². The maximum absolute atomic E-state index is 5.38. The average molecular weight is 200 g/mol. The Labute approximate surface area is 87.8 Å². The smallest absolute Gasteiger partial charge is 0.0571 e. The van der Waals surface area contributed by atoms with Crippen molar-refractivity contribution in [2.75, 3.05) is 21.2 Å². The first-order valence-electron chi connectivity index (χ1n) is 5.59. The number of nitrogens with zero attached hydrogens (tertiary/aromatic N) is 1. The molecule has 0 spiro atoms. The highest BCUT2D eigenvalue weighted by Crippen LogP contribution is 2.27. The van der Waals surface area contributed by atoms with E-state index < -0.39 is 0 Å². The minimum absolute atomic E-state index is 0.426. The van der Waals surface area contributed by atoms with Gasteiger partial charge in [-0.1, -0.05) is 0 Å². The van der Waals surface area contributed by atoms with Gasteiger partial charge in [0.1, 0.15) is 0 Å². The van der Waals surface area contributed by atoms with Crippen molar-refractivity contribution in [3.8, 4) is 0 Å². The van der Waals surface area contributed by atoms with Crippen molar-refractivity contribution in [3.63, 3.8) is 0 Å². The summed E-state index contributed by atoms with van der Waals surface area (Å²) < 4.78 is 5.38. The molecular formula is C11H24N2O. The SMILES string of the molecule is COC(C)C1CCC(NN(C)C)CC1. The molecule has 0 aliphatic heterocycles. The first-order chi connectivity index (χ1) is 6.63. The number of methoxy groups -OCH3 is 1. The van der Waals surface area contributed by atoms with Crippen LogP contribution in [0.5, 0.6) is 0 Å². The summed E-state index contributed by atoms with van der Waals surface area (Å²) in [5, 5.41) is 2.06. The molecule has 1 fully saturated rings. The van der Waals surface area contributed by atoms with Gasteiger partial charge in [-0.15, -0.1) is 0 Å². The van der Waals surface area contributed by atoms with Crippen molar-refractivity contribution in [3.05, 3.63) is 0 Å². The van der Waals surface area contributed by atoms with E-state index in [4.69, 9.17) is 4.74 Å². The van der Waals surface area contributed by atoms with Crippen LogP contribution in [-0.2, 0) is 4.74 Å². The molecular weight excluding hydrogens is 176 g/mol. The summed E-state index contributed by atoms with van der Waals surface area (Å²) in [6.07, 6.45) is 5.56. The third-order valence-corrected chi connectivity index (χ3v) is 3.25. The van der Waals surface area contributed by atoms with Crippen LogP contribution in [0.25, 0.3) is 0 Å². The number of nitrogens with one attached hydrogen (secondary N) is 1. The molecule has 1 N–H and O–H groups in total. The molecule has 1 unspecified atom stereocenters. The van der Waals surface area contributed by atoms with E-state index in [0.717, 1.165) is 5.92 Å². The summed E-state index contributed by atoms with van der Waals surface area (Å²) >= 11 is 0. The van der Waals surface area contributed by atoms with Crippen LogP contribution in [0.4, 0.5) is 0 Å². The zero-order valence-corrected chi connectivity index (χ0v) is 9.92. The molecule has 1 aliphatic carbocycles. The molecule has 84 valence electrons. The van der Waals surface area contributed by atoms with Crippen molar-refractivity contribution < 1.29 is 4.74 Å². The molecule has 1 atom stereocenters. The number of hydrogen-bond acceptors (Lipinski definition) is 3. The summed E-state index contributed by atoms with van der Waals surface area (Å²) in [6.45, 7) is 2.18. The Balaban J connectivity index is 2.24. The lowest BCUT2D eigenvalue weighted by Gasteiger charge is -2.33. The van der Waals surface area contributed by atoms with Crippen molar-refractivity contribution in [2.45, 2.75) is 44.8 Å². The molecule has 3 nitrogen and oxygen atoms in total. The van der Waals surface area contributed by atoms with Gasteiger partial charge in [-0.2, -0.15) is 0 Å². The molecule has 1 rings (SSSR count). The third kappa shape index (κ3) is 3.56. The van der Waals surface area contributed by atoms with E-state index in [0.29, 0.717) is 12.1 Å². The zero-order chi connectivity index (χ0) is 10.6. The maximum atomic E-state index is 5.38. The van der Waals surface area contributed by atoms with Crippen LogP contribution in [0.1, 0.15) is 32.6 Å². The van der Waals surface area contributed by atoms with Gasteiger partial charge >= 0.3 is 0 Å². The van der Waals surface area contributed by atoms with Crippen LogP contribution in [0.2, 0.25) is 0 Å². The predicted molar refractivity (Wildman–Crippen MR) is 59.0 cm³/mol. The molecule has 3 heteroatoms. The summed E-state index contributed by atoms with van der Waals surface area (Å²) in [6, 6.07) is 0.672. The fourth-order valence-electron chi connectivity index (χ4n) is 2.28. The second-order valence-electron chi connectivity index (χ2n) is 4.58. The van der Waals surface area contributed by atoms with Crippen LogP contribution >= 0.6 is 0 Å². The van der Waals surface area contributed by atoms with E-state index in [2.05, 4.69) is 31.5 Å². The summed E-state index contributed by atoms with van der Waals surface area (Å²) in [4.78, 5) is 0. The second kappa shape index (κ2) is 5.69. The van der Waals surface area contributed by atoms with Gasteiger partial charge in [0.05, 0.1) is 6.10 Å². The molecule has 0 aromatic carbocycles. The molecule has 0 heterocycles. The molecule has 0 radical (unpaired) electrons. The Morgan fingerprint density at radius 2 is 1.79 bits per heavy atom. The van der Waals surface area contributed by atoms with Crippen molar-refractivity contribution >= 4 is 0 Å². The Bertz CT molecular complexity index is 153. The molecule has 14 heavy (non-hydrogen) atoms. The monoisotopic (exact) mass is 200 g/mol. The minimum Gasteiger partial charge on any atom is -0.381 e. The molecule has 0 aromatic rings. The van der Waals surface area contributed by atoms with E-state index in [9.17, 15) is 0 Å². The van der Waals surface area contributed by atoms with E-state index >= 15 is 0 Å². The van der Waals surface area contributed by atoms with Gasteiger partial charge in [0.25, 0.3) is 0 Å². The van der Waals surface area contributed by atoms with Gasteiger partial charge in [-0.05, 0) is 38.5 Å². The Morgan fingerprint density at radius 3 is 2.21 bits per heavy atom. The quantitative estimate of drug-likeness (QED) is 0.698. The molecule has 1 aliphatic rings. The molecule has 0 bridgehead atoms. The lowest BCUT2D eigenvalue weighted by molar-refractivity contribution is 0.0415. The topological polar surface area (TPSA) is 24.5 Å². The lowest BCUT2D eigenvalue weighted by atomic mass is 9.83. The minimum atomic E-state index is 0.426. The third-order valence-electron chi connectivity index (χ3n) is 3.25. The fourth-order valence-corrected chi connectivity index (χ4v) is 2.28. The highest BCUT2D eigenvalue weighted by Gasteiger charge is 2.25. The largest absolute Gasteiger partial charge is 0.381 e. The van der Waals surface area contributed by atoms with Crippen molar-refractivity contribution in [1.82, 2.24) is 10.4 Å². The molecule has 1 saturated carbocycles. The van der Waals surface area contributed by atoms with Gasteiger partial charge in [0, 0.05) is 27.2 Å². The summed E-state index contributed by atoms with van der Waals surface area (Å²) in [5.41, 5.74) is 3.45. The highest BCUT2D eigenvalue weighted by molar-refractivity contribution is 4.78. The van der Waals surface area contributed by atoms with Crippen LogP contribution in [0, 0.1) is 5.92 Å². The van der Waals surface area contributed by atoms with Gasteiger partial charge < -0.3 is 4.74 Å². The van der Waals surface area contributed by atoms with Crippen LogP contribution < -0.4 is 5.43 Å². The molecule has 0 aromatic heterocycles. The van der Waals surface area contributed by atoms with Gasteiger partial charge in [0.2, 0.25) is 0 Å². The highest BCUT2D eigenvalue weighted by atomic mass is 16.5. The number of ether oxygens (including phenoxy) is 1. The summed E-state index contributed by atoms with van der Waals surface area (Å²) in [7, 11) is 5.93. The van der Waals surface area contributed by atoms with E-state index in [1.807, 2.05) is 7.11 Å². The second-order valence-corrected chi connectivity index (χ2v) is 4.58. The molecule has 0 amide bonds. The fraction of sp³-hybridized carbons (Fsp3) is 1.00. The average Bonchev–Trinajstić information content (AvgIpc) is 2.17. The van der Waals surface area contributed by atoms with Crippen molar-refractivity contribution in [2.24, 2.45) is 5.92 Å². The standard InChI is InChI=1S/C11H24N2O/c1-9(14-4)10-5-7-11(8-6-10)12-13(2)3/h9-12H,5-8H2,1-4H3. The van der Waals surface area contributed by atoms with E-state index in [1.165, 1.54) is 25.7 Å². The maximum Gasteiger partial charge on any atom is 0.0571 e. The number of hydrogen-bond donors (Lipinski definition) is 1. The normalized spacial score (nSPS) is 30.6. The summed E-state index contributed by atoms with van der Waals surface area (Å²) in [5.74, 6) is 0.764. The van der Waals surface area contributed by atoms with Crippen LogP contribution in [0.15, 0.2) is 0 Å². The number of rotatable bonds is 4. The lowest BCUT2D eigenvalue weighted by Crippen LogP contribution is -2.42. The van der Waals surface area contributed by atoms with Gasteiger partial charge in [-0.25, -0.2) is 0 Å². The van der Waals surface area contributed by atoms with Crippen LogP contribution in [-0.4, -0.2) is 38.4 Å². The zero-order valence-electron chi connectivity index (χ0n) is 9.92.